The Morgan fingerprint density at radius 1 is 0.962 bits per heavy atom. The van der Waals surface area contributed by atoms with E-state index in [1.807, 2.05) is 17.0 Å². The number of piperidine rings is 1. The van der Waals surface area contributed by atoms with Crippen molar-refractivity contribution in [1.82, 2.24) is 9.80 Å². The third-order valence-corrected chi connectivity index (χ3v) is 6.31. The van der Waals surface area contributed by atoms with Crippen LogP contribution in [0.25, 0.3) is 0 Å². The van der Waals surface area contributed by atoms with Gasteiger partial charge in [0.25, 0.3) is 0 Å². The molecule has 0 spiro atoms. The van der Waals surface area contributed by atoms with E-state index >= 15 is 0 Å². The van der Waals surface area contributed by atoms with Crippen LogP contribution in [0.1, 0.15) is 30.2 Å². The van der Waals surface area contributed by atoms with Crippen LogP contribution in [0.4, 0.5) is 0 Å². The Morgan fingerprint density at radius 3 is 2.27 bits per heavy atom. The monoisotopic (exact) mass is 380 g/mol. The Bertz CT molecular complexity index is 634. The van der Waals surface area contributed by atoms with E-state index in [1.165, 1.54) is 19.3 Å². The number of ether oxygens (including phenoxy) is 3. The fraction of sp³-hybridized carbons (Fsp3) is 0.632. The van der Waals surface area contributed by atoms with Gasteiger partial charge in [0.15, 0.2) is 11.5 Å². The number of rotatable bonds is 7. The largest absolute Gasteiger partial charge is 0.496 e. The molecule has 2 fully saturated rings. The number of carbonyl (C=O) groups is 1. The minimum Gasteiger partial charge on any atom is -0.496 e. The molecular weight excluding hydrogens is 352 g/mol. The molecule has 144 valence electrons. The van der Waals surface area contributed by atoms with E-state index in [4.69, 9.17) is 14.2 Å². The molecule has 0 aliphatic carbocycles. The van der Waals surface area contributed by atoms with Gasteiger partial charge in [0, 0.05) is 24.7 Å². The van der Waals surface area contributed by atoms with E-state index in [1.54, 1.807) is 33.1 Å². The molecule has 1 amide bonds. The molecular formula is C19H28N2O4S. The Hall–Kier alpha value is -1.60. The van der Waals surface area contributed by atoms with Gasteiger partial charge in [-0.1, -0.05) is 6.42 Å². The van der Waals surface area contributed by atoms with Crippen LogP contribution < -0.4 is 14.2 Å². The molecule has 3 rings (SSSR count). The van der Waals surface area contributed by atoms with Crippen molar-refractivity contribution in [3.8, 4) is 17.2 Å². The van der Waals surface area contributed by atoms with Crippen LogP contribution in [-0.2, 0) is 4.79 Å². The van der Waals surface area contributed by atoms with E-state index < -0.39 is 0 Å². The van der Waals surface area contributed by atoms with Crippen molar-refractivity contribution in [3.63, 3.8) is 0 Å². The van der Waals surface area contributed by atoms with E-state index in [2.05, 4.69) is 4.90 Å². The number of amides is 1. The zero-order valence-electron chi connectivity index (χ0n) is 15.8. The van der Waals surface area contributed by atoms with Crippen LogP contribution in [0.2, 0.25) is 0 Å². The molecule has 0 bridgehead atoms. The lowest BCUT2D eigenvalue weighted by Crippen LogP contribution is -2.39. The van der Waals surface area contributed by atoms with E-state index in [-0.39, 0.29) is 11.3 Å². The lowest BCUT2D eigenvalue weighted by Gasteiger charge is -2.31. The first kappa shape index (κ1) is 19.2. The molecule has 2 saturated heterocycles. The maximum atomic E-state index is 12.5. The van der Waals surface area contributed by atoms with E-state index in [0.29, 0.717) is 17.3 Å². The molecule has 1 unspecified atom stereocenters. The van der Waals surface area contributed by atoms with E-state index in [0.717, 1.165) is 37.5 Å². The van der Waals surface area contributed by atoms with Crippen molar-refractivity contribution < 1.29 is 19.0 Å². The number of likely N-dealkylation sites (tertiary alicyclic amines) is 1. The predicted octanol–water partition coefficient (Wildman–Crippen LogP) is 2.77. The molecule has 1 aromatic rings. The van der Waals surface area contributed by atoms with Gasteiger partial charge in [-0.05, 0) is 32.0 Å². The van der Waals surface area contributed by atoms with Gasteiger partial charge in [-0.15, -0.1) is 11.8 Å². The lowest BCUT2D eigenvalue weighted by atomic mass is 10.1. The molecule has 0 N–H and O–H groups in total. The first-order chi connectivity index (χ1) is 12.7. The van der Waals surface area contributed by atoms with Gasteiger partial charge in [0.2, 0.25) is 5.91 Å². The van der Waals surface area contributed by atoms with Gasteiger partial charge < -0.3 is 24.0 Å². The van der Waals surface area contributed by atoms with Gasteiger partial charge in [-0.2, -0.15) is 0 Å². The van der Waals surface area contributed by atoms with Crippen LogP contribution in [0.5, 0.6) is 17.2 Å². The summed E-state index contributed by atoms with van der Waals surface area (Å²) in [4.78, 5) is 16.9. The molecule has 1 atom stereocenters. The van der Waals surface area contributed by atoms with Gasteiger partial charge in [-0.3, -0.25) is 4.79 Å². The first-order valence-electron chi connectivity index (χ1n) is 9.11. The summed E-state index contributed by atoms with van der Waals surface area (Å²) in [5.74, 6) is 2.69. The predicted molar refractivity (Wildman–Crippen MR) is 103 cm³/mol. The maximum absolute atomic E-state index is 12.5. The highest BCUT2D eigenvalue weighted by molar-refractivity contribution is 8.00. The molecule has 7 heteroatoms. The summed E-state index contributed by atoms with van der Waals surface area (Å²) < 4.78 is 16.4. The summed E-state index contributed by atoms with van der Waals surface area (Å²) in [5.41, 5.74) is 0.958. The Balaban J connectivity index is 1.80. The molecule has 26 heavy (non-hydrogen) atoms. The van der Waals surface area contributed by atoms with Gasteiger partial charge in [-0.25, -0.2) is 0 Å². The van der Waals surface area contributed by atoms with Gasteiger partial charge in [0.1, 0.15) is 11.1 Å². The minimum absolute atomic E-state index is 0.0537. The molecule has 0 saturated carbocycles. The number of nitrogens with zero attached hydrogens (tertiary/aromatic N) is 2. The van der Waals surface area contributed by atoms with Crippen molar-refractivity contribution in [2.24, 2.45) is 0 Å². The highest BCUT2D eigenvalue weighted by Crippen LogP contribution is 2.46. The minimum atomic E-state index is -0.0537. The van der Waals surface area contributed by atoms with Crippen LogP contribution in [-0.4, -0.2) is 69.0 Å². The number of hydrogen-bond donors (Lipinski definition) is 0. The van der Waals surface area contributed by atoms with Crippen molar-refractivity contribution in [2.45, 2.75) is 24.6 Å². The first-order valence-corrected chi connectivity index (χ1v) is 10.2. The summed E-state index contributed by atoms with van der Waals surface area (Å²) in [6.45, 7) is 3.95. The average molecular weight is 381 g/mol. The fourth-order valence-corrected chi connectivity index (χ4v) is 4.86. The number of hydrogen-bond acceptors (Lipinski definition) is 6. The summed E-state index contributed by atoms with van der Waals surface area (Å²) in [7, 11) is 4.87. The van der Waals surface area contributed by atoms with Crippen molar-refractivity contribution in [2.75, 3.05) is 53.3 Å². The van der Waals surface area contributed by atoms with Crippen molar-refractivity contribution in [3.05, 3.63) is 17.7 Å². The zero-order chi connectivity index (χ0) is 18.5. The average Bonchev–Trinajstić information content (AvgIpc) is 3.06. The second-order valence-corrected chi connectivity index (χ2v) is 7.67. The molecule has 6 nitrogen and oxygen atoms in total. The number of thioether (sulfide) groups is 1. The van der Waals surface area contributed by atoms with Crippen molar-refractivity contribution >= 4 is 17.7 Å². The van der Waals surface area contributed by atoms with Crippen LogP contribution in [0.15, 0.2) is 12.1 Å². The number of benzene rings is 1. The van der Waals surface area contributed by atoms with Gasteiger partial charge >= 0.3 is 0 Å². The normalized spacial score (nSPS) is 21.1. The Morgan fingerprint density at radius 2 is 1.62 bits per heavy atom. The fourth-order valence-electron chi connectivity index (χ4n) is 3.63. The molecule has 2 aliphatic rings. The Kier molecular flexibility index (Phi) is 6.53. The zero-order valence-corrected chi connectivity index (χ0v) is 16.6. The number of methoxy groups -OCH3 is 3. The quantitative estimate of drug-likeness (QED) is 0.725. The highest BCUT2D eigenvalue weighted by Gasteiger charge is 2.35. The summed E-state index contributed by atoms with van der Waals surface area (Å²) in [5, 5.41) is -0.0537. The van der Waals surface area contributed by atoms with Crippen LogP contribution in [0, 0.1) is 0 Å². The summed E-state index contributed by atoms with van der Waals surface area (Å²) in [6.07, 6.45) is 3.84. The number of carbonyl (C=O) groups excluding carboxylic acids is 1. The van der Waals surface area contributed by atoms with E-state index in [9.17, 15) is 4.79 Å². The summed E-state index contributed by atoms with van der Waals surface area (Å²) in [6, 6.07) is 3.77. The second kappa shape index (κ2) is 8.86. The van der Waals surface area contributed by atoms with Gasteiger partial charge in [0.05, 0.1) is 27.1 Å². The standard InChI is InChI=1S/C19H28N2O4S/c1-23-15-12-17(25-3)16(24-2)11-14(15)19-21(18(22)13-26-19)10-9-20-7-5-4-6-8-20/h11-12,19H,4-10,13H2,1-3H3. The molecule has 1 aromatic carbocycles. The molecule has 0 aromatic heterocycles. The summed E-state index contributed by atoms with van der Waals surface area (Å²) >= 11 is 1.64. The maximum Gasteiger partial charge on any atom is 0.233 e. The third-order valence-electron chi connectivity index (χ3n) is 5.08. The highest BCUT2D eigenvalue weighted by atomic mass is 32.2. The third kappa shape index (κ3) is 4.04. The second-order valence-electron chi connectivity index (χ2n) is 6.60. The molecule has 2 aliphatic heterocycles. The van der Waals surface area contributed by atoms with Crippen LogP contribution in [0.3, 0.4) is 0 Å². The SMILES string of the molecule is COc1cc(OC)c(C2SCC(=O)N2CCN2CCCCC2)cc1OC. The Labute approximate surface area is 159 Å². The molecule has 0 radical (unpaired) electrons. The van der Waals surface area contributed by atoms with Crippen molar-refractivity contribution in [1.29, 1.82) is 0 Å². The smallest absolute Gasteiger partial charge is 0.233 e. The molecule has 2 heterocycles. The topological polar surface area (TPSA) is 51.2 Å². The van der Waals surface area contributed by atoms with Crippen LogP contribution >= 0.6 is 11.8 Å². The lowest BCUT2D eigenvalue weighted by molar-refractivity contribution is -0.128.